The van der Waals surface area contributed by atoms with Crippen molar-refractivity contribution in [3.05, 3.63) is 85.1 Å². The Morgan fingerprint density at radius 3 is 0.778 bits per heavy atom. The normalized spacial score (nSPS) is 12.6. The molecule has 0 bridgehead atoms. The van der Waals surface area contributed by atoms with E-state index in [-0.39, 0.29) is 31.1 Å². The van der Waals surface area contributed by atoms with Crippen molar-refractivity contribution in [2.75, 3.05) is 13.2 Å². The lowest BCUT2D eigenvalue weighted by molar-refractivity contribution is -0.167. The summed E-state index contributed by atoms with van der Waals surface area (Å²) in [6.45, 7) is 6.54. The molecule has 0 spiro atoms. The topological polar surface area (TPSA) is 78.9 Å². The van der Waals surface area contributed by atoms with E-state index in [4.69, 9.17) is 14.2 Å². The Morgan fingerprint density at radius 2 is 0.481 bits per heavy atom. The first-order chi connectivity index (χ1) is 40.0. The van der Waals surface area contributed by atoms with Crippen LogP contribution in [0.1, 0.15) is 355 Å². The lowest BCUT2D eigenvalue weighted by atomic mass is 10.0. The average molecular weight is 1130 g/mol. The lowest BCUT2D eigenvalue weighted by Gasteiger charge is -2.18. The van der Waals surface area contributed by atoms with Crippen LogP contribution in [0.2, 0.25) is 0 Å². The molecular weight excluding hydrogens is 997 g/mol. The van der Waals surface area contributed by atoms with Gasteiger partial charge in [-0.25, -0.2) is 0 Å². The number of ether oxygens (including phenoxy) is 3. The fraction of sp³-hybridized carbons (Fsp3) is 0.773. The fourth-order valence-corrected chi connectivity index (χ4v) is 10.2. The SMILES string of the molecule is CC/C=C\C/C=C\C/C=C\C/C=C\C/C=C\CCCCCCCC(=O)OC(COC(=O)CCCCCCCCCCC/C=C\C/C=C\CCCCC)COC(=O)CCCCCCCCCCCCCCCCCCCCCCCCC. The number of esters is 3. The highest BCUT2D eigenvalue weighted by atomic mass is 16.6. The summed E-state index contributed by atoms with van der Waals surface area (Å²) in [7, 11) is 0. The third-order valence-corrected chi connectivity index (χ3v) is 15.4. The molecule has 0 heterocycles. The molecule has 81 heavy (non-hydrogen) atoms. The van der Waals surface area contributed by atoms with Crippen LogP contribution in [0.15, 0.2) is 85.1 Å². The van der Waals surface area contributed by atoms with E-state index in [1.54, 1.807) is 0 Å². The van der Waals surface area contributed by atoms with E-state index in [0.29, 0.717) is 19.3 Å². The van der Waals surface area contributed by atoms with Crippen molar-refractivity contribution in [2.45, 2.75) is 361 Å². The molecule has 0 N–H and O–H groups in total. The minimum atomic E-state index is -0.790. The molecule has 0 aromatic heterocycles. The smallest absolute Gasteiger partial charge is 0.306 e. The van der Waals surface area contributed by atoms with Crippen molar-refractivity contribution in [3.63, 3.8) is 0 Å². The maximum Gasteiger partial charge on any atom is 0.306 e. The number of hydrogen-bond donors (Lipinski definition) is 0. The maximum absolute atomic E-state index is 13.0. The van der Waals surface area contributed by atoms with Gasteiger partial charge in [0, 0.05) is 19.3 Å². The number of allylic oxidation sites excluding steroid dienone is 14. The van der Waals surface area contributed by atoms with E-state index in [2.05, 4.69) is 106 Å². The molecule has 0 rings (SSSR count). The number of unbranched alkanes of at least 4 members (excludes halogenated alkanes) is 39. The maximum atomic E-state index is 13.0. The van der Waals surface area contributed by atoms with Crippen molar-refractivity contribution in [2.24, 2.45) is 0 Å². The molecule has 0 aliphatic heterocycles. The van der Waals surface area contributed by atoms with Gasteiger partial charge in [-0.1, -0.05) is 324 Å². The van der Waals surface area contributed by atoms with Gasteiger partial charge in [0.15, 0.2) is 6.10 Å². The summed E-state index contributed by atoms with van der Waals surface area (Å²) in [5.41, 5.74) is 0. The molecule has 0 radical (unpaired) electrons. The van der Waals surface area contributed by atoms with Gasteiger partial charge >= 0.3 is 17.9 Å². The minimum absolute atomic E-state index is 0.0828. The molecular formula is C75H132O6. The highest BCUT2D eigenvalue weighted by molar-refractivity contribution is 5.71. The Kier molecular flexibility index (Phi) is 66.2. The number of rotatable bonds is 64. The van der Waals surface area contributed by atoms with Gasteiger partial charge in [0.2, 0.25) is 0 Å². The van der Waals surface area contributed by atoms with E-state index >= 15 is 0 Å². The largest absolute Gasteiger partial charge is 0.462 e. The highest BCUT2D eigenvalue weighted by Crippen LogP contribution is 2.18. The Balaban J connectivity index is 4.38. The molecule has 1 unspecified atom stereocenters. The fourth-order valence-electron chi connectivity index (χ4n) is 10.2. The molecule has 1 atom stereocenters. The molecule has 0 aliphatic rings. The molecule has 0 aliphatic carbocycles. The second-order valence-corrected chi connectivity index (χ2v) is 23.4. The third-order valence-electron chi connectivity index (χ3n) is 15.4. The molecule has 6 heteroatoms. The first kappa shape index (κ1) is 77.6. The Hall–Kier alpha value is -3.41. The molecule has 468 valence electrons. The minimum Gasteiger partial charge on any atom is -0.462 e. The zero-order valence-corrected chi connectivity index (χ0v) is 53.8. The number of carbonyl (C=O) groups is 3. The summed E-state index contributed by atoms with van der Waals surface area (Å²) in [5.74, 6) is -0.887. The molecule has 0 saturated carbocycles. The molecule has 6 nitrogen and oxygen atoms in total. The van der Waals surface area contributed by atoms with E-state index in [9.17, 15) is 14.4 Å². The monoisotopic (exact) mass is 1130 g/mol. The highest BCUT2D eigenvalue weighted by Gasteiger charge is 2.19. The van der Waals surface area contributed by atoms with Crippen molar-refractivity contribution in [1.29, 1.82) is 0 Å². The summed E-state index contributed by atoms with van der Waals surface area (Å²) in [6.07, 6.45) is 91.7. The van der Waals surface area contributed by atoms with Gasteiger partial charge in [-0.15, -0.1) is 0 Å². The van der Waals surface area contributed by atoms with Gasteiger partial charge in [0.1, 0.15) is 13.2 Å². The van der Waals surface area contributed by atoms with Crippen LogP contribution in [-0.2, 0) is 28.6 Å². The van der Waals surface area contributed by atoms with Crippen LogP contribution >= 0.6 is 0 Å². The molecule has 0 fully saturated rings. The van der Waals surface area contributed by atoms with Crippen LogP contribution in [-0.4, -0.2) is 37.2 Å². The summed E-state index contributed by atoms with van der Waals surface area (Å²) in [4.78, 5) is 38.5. The van der Waals surface area contributed by atoms with Crippen LogP contribution in [0.25, 0.3) is 0 Å². The van der Waals surface area contributed by atoms with Gasteiger partial charge in [-0.2, -0.15) is 0 Å². The predicted octanol–water partition coefficient (Wildman–Crippen LogP) is 24.2. The second kappa shape index (κ2) is 69.1. The van der Waals surface area contributed by atoms with Crippen LogP contribution < -0.4 is 0 Å². The Morgan fingerprint density at radius 1 is 0.259 bits per heavy atom. The number of hydrogen-bond acceptors (Lipinski definition) is 6. The molecule has 0 amide bonds. The van der Waals surface area contributed by atoms with E-state index < -0.39 is 6.10 Å². The van der Waals surface area contributed by atoms with Crippen molar-refractivity contribution in [3.8, 4) is 0 Å². The van der Waals surface area contributed by atoms with Crippen molar-refractivity contribution in [1.82, 2.24) is 0 Å². The van der Waals surface area contributed by atoms with Crippen molar-refractivity contribution < 1.29 is 28.6 Å². The van der Waals surface area contributed by atoms with Crippen molar-refractivity contribution >= 4 is 17.9 Å². The Labute approximate surface area is 503 Å². The van der Waals surface area contributed by atoms with E-state index in [1.165, 1.54) is 199 Å². The summed E-state index contributed by atoms with van der Waals surface area (Å²) >= 11 is 0. The lowest BCUT2D eigenvalue weighted by Crippen LogP contribution is -2.30. The first-order valence-electron chi connectivity index (χ1n) is 35.1. The van der Waals surface area contributed by atoms with Gasteiger partial charge in [-0.3, -0.25) is 14.4 Å². The predicted molar refractivity (Wildman–Crippen MR) is 353 cm³/mol. The summed E-state index contributed by atoms with van der Waals surface area (Å²) in [6, 6.07) is 0. The number of carbonyl (C=O) groups excluding carboxylic acids is 3. The summed E-state index contributed by atoms with van der Waals surface area (Å²) in [5, 5.41) is 0. The second-order valence-electron chi connectivity index (χ2n) is 23.4. The first-order valence-corrected chi connectivity index (χ1v) is 35.1. The summed E-state index contributed by atoms with van der Waals surface area (Å²) < 4.78 is 17.0. The third kappa shape index (κ3) is 67.3. The molecule has 0 aromatic carbocycles. The van der Waals surface area contributed by atoms with Crippen LogP contribution in [0.3, 0.4) is 0 Å². The van der Waals surface area contributed by atoms with Gasteiger partial charge in [-0.05, 0) is 96.3 Å². The standard InChI is InChI=1S/C75H132O6/c1-4-7-10-13-16-19-22-25-28-31-34-36-37-39-41-44-47-50-53-56-59-62-65-68-74(77)80-71-72(70-79-73(76)67-64-61-58-55-52-49-46-43-40-33-30-27-24-21-18-15-12-9-6-3)81-75(78)69-66-63-60-57-54-51-48-45-42-38-35-32-29-26-23-20-17-14-11-8-5-2/h8,11,17-18,20-21,26-27,29-30,35,38,45,48,72H,4-7,9-10,12-16,19,22-25,28,31-34,36-37,39-44,46-47,49-71H2,1-3H3/b11-8-,20-17-,21-18-,29-26-,30-27-,38-35-,48-45-. The zero-order valence-electron chi connectivity index (χ0n) is 53.8. The van der Waals surface area contributed by atoms with Crippen LogP contribution in [0.5, 0.6) is 0 Å². The molecule has 0 saturated heterocycles. The van der Waals surface area contributed by atoms with Crippen LogP contribution in [0.4, 0.5) is 0 Å². The van der Waals surface area contributed by atoms with E-state index in [1.807, 2.05) is 0 Å². The van der Waals surface area contributed by atoms with E-state index in [0.717, 1.165) is 116 Å². The van der Waals surface area contributed by atoms with Gasteiger partial charge in [0.25, 0.3) is 0 Å². The average Bonchev–Trinajstić information content (AvgIpc) is 3.47. The van der Waals surface area contributed by atoms with Gasteiger partial charge < -0.3 is 14.2 Å². The van der Waals surface area contributed by atoms with Gasteiger partial charge in [0.05, 0.1) is 0 Å². The molecule has 0 aromatic rings. The quantitative estimate of drug-likeness (QED) is 0.0261. The zero-order chi connectivity index (χ0) is 58.5. The van der Waals surface area contributed by atoms with Crippen LogP contribution in [0, 0.1) is 0 Å². The Bertz CT molecular complexity index is 1530.